The summed E-state index contributed by atoms with van der Waals surface area (Å²) in [5.74, 6) is -0.695. The van der Waals surface area contributed by atoms with Crippen molar-refractivity contribution in [1.29, 1.82) is 0 Å². The maximum atomic E-state index is 13.7. The fraction of sp³-hybridized carbons (Fsp3) is 0.333. The highest BCUT2D eigenvalue weighted by atomic mass is 16.5. The first-order chi connectivity index (χ1) is 18.6. The number of rotatable bonds is 8. The van der Waals surface area contributed by atoms with Gasteiger partial charge in [-0.1, -0.05) is 71.0 Å². The molecule has 6 heteroatoms. The van der Waals surface area contributed by atoms with Crippen molar-refractivity contribution < 1.29 is 24.2 Å². The summed E-state index contributed by atoms with van der Waals surface area (Å²) in [6.45, 7) is 10.8. The van der Waals surface area contributed by atoms with Crippen LogP contribution in [0.2, 0.25) is 0 Å². The minimum Gasteiger partial charge on any atom is -0.507 e. The van der Waals surface area contributed by atoms with Gasteiger partial charge in [0.1, 0.15) is 17.3 Å². The lowest BCUT2D eigenvalue weighted by Gasteiger charge is -2.26. The number of methoxy groups -OCH3 is 1. The normalized spacial score (nSPS) is 17.0. The fourth-order valence-corrected chi connectivity index (χ4v) is 4.80. The molecule has 6 nitrogen and oxygen atoms in total. The molecule has 39 heavy (non-hydrogen) atoms. The molecule has 3 aromatic rings. The molecule has 1 N–H and O–H groups in total. The molecule has 0 radical (unpaired) electrons. The van der Waals surface area contributed by atoms with Crippen molar-refractivity contribution in [3.63, 3.8) is 0 Å². The second-order valence-corrected chi connectivity index (χ2v) is 10.8. The van der Waals surface area contributed by atoms with Crippen molar-refractivity contribution in [2.24, 2.45) is 0 Å². The average molecular weight is 528 g/mol. The smallest absolute Gasteiger partial charge is 0.300 e. The van der Waals surface area contributed by atoms with Crippen molar-refractivity contribution in [3.05, 3.63) is 94.6 Å². The van der Waals surface area contributed by atoms with Crippen LogP contribution in [0.4, 0.5) is 5.69 Å². The van der Waals surface area contributed by atoms with E-state index in [1.807, 2.05) is 49.4 Å². The summed E-state index contributed by atoms with van der Waals surface area (Å²) in [4.78, 5) is 28.7. The molecule has 0 aromatic heterocycles. The van der Waals surface area contributed by atoms with Crippen LogP contribution in [0.5, 0.6) is 11.5 Å². The highest BCUT2D eigenvalue weighted by Crippen LogP contribution is 2.44. The number of ether oxygens (including phenoxy) is 2. The zero-order valence-corrected chi connectivity index (χ0v) is 23.6. The molecule has 204 valence electrons. The molecule has 4 rings (SSSR count). The minimum absolute atomic E-state index is 0.0217. The lowest BCUT2D eigenvalue weighted by molar-refractivity contribution is -0.132. The topological polar surface area (TPSA) is 76.1 Å². The molecule has 1 heterocycles. The number of aryl methyl sites for hydroxylation is 1. The summed E-state index contributed by atoms with van der Waals surface area (Å²) in [5, 5.41) is 11.8. The number of hydrogen-bond donors (Lipinski definition) is 1. The Labute approximate surface area is 230 Å². The van der Waals surface area contributed by atoms with Crippen LogP contribution in [0.1, 0.15) is 69.3 Å². The highest BCUT2D eigenvalue weighted by Gasteiger charge is 2.47. The van der Waals surface area contributed by atoms with Crippen molar-refractivity contribution in [1.82, 2.24) is 0 Å². The Kier molecular flexibility index (Phi) is 8.14. The Morgan fingerprint density at radius 2 is 1.69 bits per heavy atom. The van der Waals surface area contributed by atoms with E-state index in [9.17, 15) is 14.7 Å². The quantitative estimate of drug-likeness (QED) is 0.194. The zero-order chi connectivity index (χ0) is 28.3. The van der Waals surface area contributed by atoms with Crippen molar-refractivity contribution in [2.45, 2.75) is 58.9 Å². The Morgan fingerprint density at radius 3 is 2.31 bits per heavy atom. The Balaban J connectivity index is 1.95. The van der Waals surface area contributed by atoms with Crippen LogP contribution in [0.25, 0.3) is 5.76 Å². The van der Waals surface area contributed by atoms with Crippen LogP contribution in [0, 0.1) is 0 Å². The molecule has 0 saturated carbocycles. The van der Waals surface area contributed by atoms with E-state index in [1.54, 1.807) is 24.3 Å². The van der Waals surface area contributed by atoms with Crippen LogP contribution in [-0.4, -0.2) is 30.5 Å². The van der Waals surface area contributed by atoms with Gasteiger partial charge in [0.05, 0.1) is 30.9 Å². The summed E-state index contributed by atoms with van der Waals surface area (Å²) in [6, 6.07) is 19.7. The fourth-order valence-electron chi connectivity index (χ4n) is 4.80. The van der Waals surface area contributed by atoms with Gasteiger partial charge >= 0.3 is 0 Å². The molecular weight excluding hydrogens is 490 g/mol. The third-order valence-corrected chi connectivity index (χ3v) is 7.04. The van der Waals surface area contributed by atoms with Gasteiger partial charge in [0, 0.05) is 11.8 Å². The number of nitrogens with zero attached hydrogens (tertiary/aromatic N) is 1. The van der Waals surface area contributed by atoms with Gasteiger partial charge in [-0.25, -0.2) is 0 Å². The largest absolute Gasteiger partial charge is 0.507 e. The predicted molar refractivity (Wildman–Crippen MR) is 155 cm³/mol. The van der Waals surface area contributed by atoms with E-state index in [2.05, 4.69) is 27.7 Å². The van der Waals surface area contributed by atoms with Crippen LogP contribution < -0.4 is 14.4 Å². The second-order valence-electron chi connectivity index (χ2n) is 10.8. The van der Waals surface area contributed by atoms with Gasteiger partial charge in [0.15, 0.2) is 0 Å². The number of hydrogen-bond acceptors (Lipinski definition) is 5. The van der Waals surface area contributed by atoms with Gasteiger partial charge in [0.25, 0.3) is 11.7 Å². The lowest BCUT2D eigenvalue weighted by atomic mass is 9.85. The zero-order valence-electron chi connectivity index (χ0n) is 23.6. The molecule has 1 aliphatic rings. The van der Waals surface area contributed by atoms with E-state index in [1.165, 1.54) is 12.0 Å². The van der Waals surface area contributed by atoms with Crippen LogP contribution >= 0.6 is 0 Å². The van der Waals surface area contributed by atoms with E-state index in [4.69, 9.17) is 9.47 Å². The number of amides is 1. The monoisotopic (exact) mass is 527 g/mol. The first-order valence-electron chi connectivity index (χ1n) is 13.4. The van der Waals surface area contributed by atoms with E-state index in [0.29, 0.717) is 29.4 Å². The second kappa shape index (κ2) is 11.4. The third kappa shape index (κ3) is 5.56. The van der Waals surface area contributed by atoms with Crippen LogP contribution in [0.3, 0.4) is 0 Å². The summed E-state index contributed by atoms with van der Waals surface area (Å²) in [7, 11) is 1.52. The molecule has 1 fully saturated rings. The Bertz CT molecular complexity index is 1400. The number of carbonyl (C=O) groups is 2. The summed E-state index contributed by atoms with van der Waals surface area (Å²) in [5.41, 5.74) is 3.52. The van der Waals surface area contributed by atoms with E-state index < -0.39 is 17.7 Å². The molecule has 1 saturated heterocycles. The van der Waals surface area contributed by atoms with Crippen molar-refractivity contribution in [2.75, 3.05) is 18.6 Å². The van der Waals surface area contributed by atoms with Gasteiger partial charge in [-0.2, -0.15) is 0 Å². The van der Waals surface area contributed by atoms with Gasteiger partial charge < -0.3 is 14.6 Å². The Hall–Kier alpha value is -4.06. The summed E-state index contributed by atoms with van der Waals surface area (Å²) in [6.07, 6.45) is 1.70. The molecule has 3 aromatic carbocycles. The molecule has 1 aliphatic heterocycles. The summed E-state index contributed by atoms with van der Waals surface area (Å²) >= 11 is 0. The first-order valence-corrected chi connectivity index (χ1v) is 13.4. The molecule has 0 spiro atoms. The maximum Gasteiger partial charge on any atom is 0.300 e. The van der Waals surface area contributed by atoms with Crippen molar-refractivity contribution in [3.8, 4) is 11.5 Å². The SMILES string of the molecule is CCCOc1cccc(N2C(=O)C(=O)/C(=C(/O)c3cc(C(C)(C)C)ccc3OC)C2c2ccc(CC)cc2)c1. The predicted octanol–water partition coefficient (Wildman–Crippen LogP) is 6.97. The molecule has 1 atom stereocenters. The number of carbonyl (C=O) groups excluding carboxylic acids is 2. The molecule has 1 unspecified atom stereocenters. The number of anilines is 1. The molecule has 0 aliphatic carbocycles. The molecular formula is C33H37NO5. The van der Waals surface area contributed by atoms with Crippen LogP contribution in [0.15, 0.2) is 72.3 Å². The van der Waals surface area contributed by atoms with Gasteiger partial charge in [-0.15, -0.1) is 0 Å². The maximum absolute atomic E-state index is 13.7. The Morgan fingerprint density at radius 1 is 0.974 bits per heavy atom. The lowest BCUT2D eigenvalue weighted by Crippen LogP contribution is -2.29. The molecule has 0 bridgehead atoms. The number of Topliss-reactive ketones (excluding diaryl/α,β-unsaturated/α-hetero) is 1. The number of aliphatic hydroxyl groups excluding tert-OH is 1. The van der Waals surface area contributed by atoms with Gasteiger partial charge in [-0.3, -0.25) is 14.5 Å². The highest BCUT2D eigenvalue weighted by molar-refractivity contribution is 6.51. The van der Waals surface area contributed by atoms with Crippen molar-refractivity contribution >= 4 is 23.1 Å². The summed E-state index contributed by atoms with van der Waals surface area (Å²) < 4.78 is 11.4. The molecule has 1 amide bonds. The van der Waals surface area contributed by atoms with E-state index in [-0.39, 0.29) is 16.7 Å². The van der Waals surface area contributed by atoms with Crippen LogP contribution in [-0.2, 0) is 21.4 Å². The number of aliphatic hydroxyl groups is 1. The van der Waals surface area contributed by atoms with Gasteiger partial charge in [-0.05, 0) is 59.2 Å². The average Bonchev–Trinajstić information content (AvgIpc) is 3.20. The van der Waals surface area contributed by atoms with E-state index in [0.717, 1.165) is 29.5 Å². The minimum atomic E-state index is -0.833. The van der Waals surface area contributed by atoms with E-state index >= 15 is 0 Å². The number of ketones is 1. The standard InChI is InChI=1S/C33H37NO5/c1-7-18-39-25-11-9-10-24(20-25)34-29(22-14-12-21(8-2)13-15-22)28(31(36)32(34)37)30(35)26-19-23(33(3,4)5)16-17-27(26)38-6/h9-17,19-20,29,35H,7-8,18H2,1-6H3/b30-28+. The number of benzene rings is 3. The third-order valence-electron chi connectivity index (χ3n) is 7.04. The first kappa shape index (κ1) is 28.0. The van der Waals surface area contributed by atoms with Gasteiger partial charge in [0.2, 0.25) is 0 Å².